The van der Waals surface area contributed by atoms with E-state index in [0.717, 1.165) is 6.54 Å². The van der Waals surface area contributed by atoms with Gasteiger partial charge in [0, 0.05) is 25.8 Å². The molecule has 1 saturated carbocycles. The Labute approximate surface area is 114 Å². The highest BCUT2D eigenvalue weighted by Gasteiger charge is 2.27. The quantitative estimate of drug-likeness (QED) is 0.847. The van der Waals surface area contributed by atoms with Crippen LogP contribution < -0.4 is 11.1 Å². The monoisotopic (exact) mass is 264 g/mol. The van der Waals surface area contributed by atoms with E-state index < -0.39 is 0 Å². The summed E-state index contributed by atoms with van der Waals surface area (Å²) in [6.07, 6.45) is 9.70. The van der Waals surface area contributed by atoms with Crippen molar-refractivity contribution in [1.29, 1.82) is 0 Å². The van der Waals surface area contributed by atoms with E-state index in [2.05, 4.69) is 17.2 Å². The highest BCUT2D eigenvalue weighted by molar-refractivity contribution is 5.92. The number of hydrogen-bond acceptors (Lipinski definition) is 3. The van der Waals surface area contributed by atoms with Crippen molar-refractivity contribution in [3.05, 3.63) is 18.2 Å². The molecule has 1 fully saturated rings. The number of rotatable bonds is 5. The van der Waals surface area contributed by atoms with Crippen LogP contribution in [0.15, 0.2) is 12.5 Å². The second-order valence-electron chi connectivity index (χ2n) is 5.84. The minimum Gasteiger partial charge on any atom is -0.350 e. The van der Waals surface area contributed by atoms with Crippen molar-refractivity contribution in [2.45, 2.75) is 45.6 Å². The largest absolute Gasteiger partial charge is 0.350 e. The van der Waals surface area contributed by atoms with Gasteiger partial charge < -0.3 is 15.6 Å². The lowest BCUT2D eigenvalue weighted by Crippen LogP contribution is -2.37. The summed E-state index contributed by atoms with van der Waals surface area (Å²) in [6, 6.07) is 0. The third kappa shape index (κ3) is 3.80. The molecule has 0 aromatic carbocycles. The summed E-state index contributed by atoms with van der Waals surface area (Å²) < 4.78 is 1.84. The lowest BCUT2D eigenvalue weighted by Gasteiger charge is -2.33. The van der Waals surface area contributed by atoms with E-state index >= 15 is 0 Å². The molecule has 0 radical (unpaired) electrons. The van der Waals surface area contributed by atoms with Crippen molar-refractivity contribution in [1.82, 2.24) is 14.9 Å². The van der Waals surface area contributed by atoms with Gasteiger partial charge in [-0.3, -0.25) is 4.79 Å². The van der Waals surface area contributed by atoms with Crippen LogP contribution in [0.25, 0.3) is 0 Å². The molecule has 0 bridgehead atoms. The first-order valence-corrected chi connectivity index (χ1v) is 7.13. The number of amides is 1. The summed E-state index contributed by atoms with van der Waals surface area (Å²) >= 11 is 0. The third-order valence-electron chi connectivity index (χ3n) is 3.99. The van der Waals surface area contributed by atoms with E-state index in [1.807, 2.05) is 4.57 Å². The Hall–Kier alpha value is -1.36. The van der Waals surface area contributed by atoms with Crippen LogP contribution in [0.3, 0.4) is 0 Å². The highest BCUT2D eigenvalue weighted by atomic mass is 16.1. The van der Waals surface area contributed by atoms with Crippen molar-refractivity contribution in [3.8, 4) is 0 Å². The number of imidazole rings is 1. The highest BCUT2D eigenvalue weighted by Crippen LogP contribution is 2.34. The Balaban J connectivity index is 1.86. The number of nitrogens with one attached hydrogen (secondary N) is 1. The van der Waals surface area contributed by atoms with Gasteiger partial charge in [-0.1, -0.05) is 26.2 Å². The van der Waals surface area contributed by atoms with Crippen LogP contribution >= 0.6 is 0 Å². The molecule has 0 aliphatic heterocycles. The van der Waals surface area contributed by atoms with Crippen LogP contribution in [0, 0.1) is 5.41 Å². The van der Waals surface area contributed by atoms with Crippen molar-refractivity contribution >= 4 is 5.91 Å². The molecular weight excluding hydrogens is 240 g/mol. The van der Waals surface area contributed by atoms with Gasteiger partial charge in [-0.25, -0.2) is 4.98 Å². The first kappa shape index (κ1) is 14.1. The Morgan fingerprint density at radius 2 is 2.21 bits per heavy atom. The topological polar surface area (TPSA) is 72.9 Å². The van der Waals surface area contributed by atoms with E-state index in [0.29, 0.717) is 18.8 Å². The summed E-state index contributed by atoms with van der Waals surface area (Å²) in [7, 11) is 0. The van der Waals surface area contributed by atoms with E-state index in [4.69, 9.17) is 5.73 Å². The Bertz CT molecular complexity index is 421. The maximum absolute atomic E-state index is 12.0. The molecule has 1 aliphatic carbocycles. The lowest BCUT2D eigenvalue weighted by molar-refractivity contribution is 0.0914. The molecular formula is C14H24N4O. The summed E-state index contributed by atoms with van der Waals surface area (Å²) in [5.74, 6) is -0.0810. The van der Waals surface area contributed by atoms with E-state index in [-0.39, 0.29) is 11.3 Å². The van der Waals surface area contributed by atoms with Gasteiger partial charge in [-0.2, -0.15) is 0 Å². The maximum Gasteiger partial charge on any atom is 0.271 e. The normalized spacial score (nSPS) is 18.2. The molecule has 5 nitrogen and oxygen atoms in total. The lowest BCUT2D eigenvalue weighted by atomic mass is 9.76. The minimum atomic E-state index is -0.0810. The smallest absolute Gasteiger partial charge is 0.271 e. The zero-order valence-electron chi connectivity index (χ0n) is 11.7. The van der Waals surface area contributed by atoms with Gasteiger partial charge in [0.15, 0.2) is 0 Å². The van der Waals surface area contributed by atoms with Crippen molar-refractivity contribution < 1.29 is 4.79 Å². The fourth-order valence-electron chi connectivity index (χ4n) is 2.72. The summed E-state index contributed by atoms with van der Waals surface area (Å²) in [4.78, 5) is 16.1. The van der Waals surface area contributed by atoms with Crippen molar-refractivity contribution in [2.24, 2.45) is 11.1 Å². The van der Waals surface area contributed by atoms with Crippen LogP contribution in [0.5, 0.6) is 0 Å². The van der Waals surface area contributed by atoms with Gasteiger partial charge in [-0.15, -0.1) is 0 Å². The summed E-state index contributed by atoms with van der Waals surface area (Å²) in [6.45, 7) is 4.25. The zero-order valence-corrected chi connectivity index (χ0v) is 11.7. The predicted octanol–water partition coefficient (Wildman–Crippen LogP) is 1.54. The molecule has 3 N–H and O–H groups in total. The second kappa shape index (κ2) is 6.19. The van der Waals surface area contributed by atoms with Crippen LogP contribution in [-0.2, 0) is 6.54 Å². The predicted molar refractivity (Wildman–Crippen MR) is 74.8 cm³/mol. The number of nitrogens with zero attached hydrogens (tertiary/aromatic N) is 2. The average molecular weight is 264 g/mol. The molecule has 1 aromatic heterocycles. The van der Waals surface area contributed by atoms with Gasteiger partial charge in [-0.05, 0) is 18.3 Å². The van der Waals surface area contributed by atoms with E-state index in [1.54, 1.807) is 12.5 Å². The van der Waals surface area contributed by atoms with Gasteiger partial charge in [0.2, 0.25) is 0 Å². The van der Waals surface area contributed by atoms with Gasteiger partial charge in [0.05, 0.1) is 6.33 Å². The molecule has 0 spiro atoms. The summed E-state index contributed by atoms with van der Waals surface area (Å²) in [5.41, 5.74) is 6.21. The molecule has 0 saturated heterocycles. The Morgan fingerprint density at radius 1 is 1.47 bits per heavy atom. The second-order valence-corrected chi connectivity index (χ2v) is 5.84. The van der Waals surface area contributed by atoms with Gasteiger partial charge in [0.1, 0.15) is 5.69 Å². The van der Waals surface area contributed by atoms with E-state index in [1.165, 1.54) is 32.1 Å². The first-order chi connectivity index (χ1) is 9.13. The standard InChI is InChI=1S/C14H24N4O/c1-14(5-3-2-4-6-14)10-16-13(19)12-9-18(8-7-15)11-17-12/h9,11H,2-8,10,15H2,1H3,(H,16,19). The number of aromatic nitrogens is 2. The van der Waals surface area contributed by atoms with Crippen LogP contribution in [0.2, 0.25) is 0 Å². The number of hydrogen-bond donors (Lipinski definition) is 2. The Kier molecular flexibility index (Phi) is 4.58. The summed E-state index contributed by atoms with van der Waals surface area (Å²) in [5, 5.41) is 3.02. The molecule has 1 aromatic rings. The fourth-order valence-corrected chi connectivity index (χ4v) is 2.72. The molecule has 1 aliphatic rings. The molecule has 2 rings (SSSR count). The Morgan fingerprint density at radius 3 is 2.89 bits per heavy atom. The zero-order chi connectivity index (χ0) is 13.7. The van der Waals surface area contributed by atoms with E-state index in [9.17, 15) is 4.79 Å². The number of carbonyl (C=O) groups is 1. The van der Waals surface area contributed by atoms with Crippen molar-refractivity contribution in [3.63, 3.8) is 0 Å². The SMILES string of the molecule is CC1(CNC(=O)c2cn(CCN)cn2)CCCCC1. The molecule has 1 heterocycles. The van der Waals surface area contributed by atoms with Gasteiger partial charge >= 0.3 is 0 Å². The third-order valence-corrected chi connectivity index (χ3v) is 3.99. The molecule has 1 amide bonds. The number of nitrogens with two attached hydrogens (primary N) is 1. The van der Waals surface area contributed by atoms with Crippen LogP contribution in [0.1, 0.15) is 49.5 Å². The molecule has 106 valence electrons. The van der Waals surface area contributed by atoms with Gasteiger partial charge in [0.25, 0.3) is 5.91 Å². The molecule has 5 heteroatoms. The first-order valence-electron chi connectivity index (χ1n) is 7.13. The average Bonchev–Trinajstić information content (AvgIpc) is 2.86. The van der Waals surface area contributed by atoms with Crippen LogP contribution in [-0.4, -0.2) is 28.5 Å². The molecule has 0 atom stereocenters. The molecule has 19 heavy (non-hydrogen) atoms. The van der Waals surface area contributed by atoms with Crippen molar-refractivity contribution in [2.75, 3.05) is 13.1 Å². The maximum atomic E-state index is 12.0. The minimum absolute atomic E-state index is 0.0810. The number of carbonyl (C=O) groups excluding carboxylic acids is 1. The van der Waals surface area contributed by atoms with Crippen LogP contribution in [0.4, 0.5) is 0 Å². The molecule has 0 unspecified atom stereocenters. The fraction of sp³-hybridized carbons (Fsp3) is 0.714.